The molecule has 0 aliphatic heterocycles. The molecule has 0 radical (unpaired) electrons. The zero-order valence-electron chi connectivity index (χ0n) is 19.2. The van der Waals surface area contributed by atoms with Crippen molar-refractivity contribution in [2.24, 2.45) is 0 Å². The van der Waals surface area contributed by atoms with Gasteiger partial charge in [0.05, 0.1) is 67.1 Å². The Bertz CT molecular complexity index is 546. The molecule has 14 nitrogen and oxygen atoms in total. The van der Waals surface area contributed by atoms with E-state index in [-0.39, 0.29) is 12.8 Å². The van der Waals surface area contributed by atoms with E-state index in [2.05, 4.69) is 0 Å². The molecule has 0 aromatic rings. The Morgan fingerprint density at radius 1 is 0.625 bits per heavy atom. The minimum atomic E-state index is -2.44. The van der Waals surface area contributed by atoms with E-state index < -0.39 is 48.3 Å². The molecule has 0 heterocycles. The number of carbonyl (C=O) groups excluding carboxylic acids is 2. The van der Waals surface area contributed by atoms with Crippen molar-refractivity contribution in [2.45, 2.75) is 37.3 Å². The molecule has 6 N–H and O–H groups in total. The summed E-state index contributed by atoms with van der Waals surface area (Å²) in [7, 11) is 11.4. The van der Waals surface area contributed by atoms with Gasteiger partial charge in [0.15, 0.2) is 0 Å². The van der Waals surface area contributed by atoms with Crippen molar-refractivity contribution in [1.29, 1.82) is 0 Å². The number of carbonyl (C=O) groups is 4. The van der Waals surface area contributed by atoms with Gasteiger partial charge in [-0.3, -0.25) is 9.59 Å². The van der Waals surface area contributed by atoms with Crippen LogP contribution in [0.2, 0.25) is 0 Å². The van der Waals surface area contributed by atoms with E-state index >= 15 is 0 Å². The molecule has 14 heteroatoms. The fourth-order valence-corrected chi connectivity index (χ4v) is 2.05. The summed E-state index contributed by atoms with van der Waals surface area (Å²) in [6.45, 7) is 0.929. The number of aliphatic hydroxyl groups excluding tert-OH is 4. The van der Waals surface area contributed by atoms with Gasteiger partial charge in [-0.15, -0.1) is 0 Å². The molecule has 0 saturated carbocycles. The first-order chi connectivity index (χ1) is 14.1. The SMILES string of the molecule is C[N+](C)(C)CC(O)CC(=O)O.C[N+](C)(C)C[C@H](O)CC(=O)O.O=C([O-])[C@H](O)[C@@H](O)C(=O)[O-]. The Morgan fingerprint density at radius 3 is 0.969 bits per heavy atom. The number of hydrogen-bond donors (Lipinski definition) is 6. The van der Waals surface area contributed by atoms with Crippen LogP contribution in [-0.2, 0) is 19.2 Å². The van der Waals surface area contributed by atoms with Gasteiger partial charge < -0.3 is 59.4 Å². The second-order valence-corrected chi connectivity index (χ2v) is 8.98. The van der Waals surface area contributed by atoms with Gasteiger partial charge in [0.2, 0.25) is 0 Å². The lowest BCUT2D eigenvalue weighted by atomic mass is 10.2. The molecule has 32 heavy (non-hydrogen) atoms. The number of aliphatic hydroxyl groups is 4. The van der Waals surface area contributed by atoms with Crippen molar-refractivity contribution in [3.05, 3.63) is 0 Å². The molecule has 0 bridgehead atoms. The van der Waals surface area contributed by atoms with Gasteiger partial charge in [0, 0.05) is 0 Å². The third-order valence-electron chi connectivity index (χ3n) is 3.12. The van der Waals surface area contributed by atoms with Gasteiger partial charge in [-0.2, -0.15) is 0 Å². The van der Waals surface area contributed by atoms with Crippen LogP contribution in [0.15, 0.2) is 0 Å². The number of nitrogens with zero attached hydrogens (tertiary/aromatic N) is 2. The summed E-state index contributed by atoms with van der Waals surface area (Å²) in [5.74, 6) is -6.02. The number of carboxylic acids is 4. The molecule has 0 saturated heterocycles. The molecule has 0 fully saturated rings. The van der Waals surface area contributed by atoms with Crippen LogP contribution in [0.4, 0.5) is 0 Å². The van der Waals surface area contributed by atoms with Crippen LogP contribution in [0.5, 0.6) is 0 Å². The smallest absolute Gasteiger partial charge is 0.306 e. The Morgan fingerprint density at radius 2 is 0.844 bits per heavy atom. The highest BCUT2D eigenvalue weighted by atomic mass is 16.4. The maximum Gasteiger partial charge on any atom is 0.306 e. The van der Waals surface area contributed by atoms with Gasteiger partial charge in [0.25, 0.3) is 0 Å². The summed E-state index contributed by atoms with van der Waals surface area (Å²) >= 11 is 0. The normalized spacial score (nSPS) is 14.9. The van der Waals surface area contributed by atoms with Crippen molar-refractivity contribution in [3.63, 3.8) is 0 Å². The van der Waals surface area contributed by atoms with Crippen LogP contribution in [0.25, 0.3) is 0 Å². The highest BCUT2D eigenvalue weighted by Gasteiger charge is 2.19. The third kappa shape index (κ3) is 25.7. The van der Waals surface area contributed by atoms with Gasteiger partial charge in [-0.25, -0.2) is 0 Å². The molecular formula is C18H36N2O12. The maximum absolute atomic E-state index is 10.1. The quantitative estimate of drug-likeness (QED) is 0.154. The Kier molecular flexibility index (Phi) is 16.5. The van der Waals surface area contributed by atoms with E-state index in [1.54, 1.807) is 0 Å². The van der Waals surface area contributed by atoms with Crippen molar-refractivity contribution >= 4 is 23.9 Å². The first kappa shape index (κ1) is 34.3. The highest BCUT2D eigenvalue weighted by molar-refractivity contribution is 5.80. The summed E-state index contributed by atoms with van der Waals surface area (Å²) in [5, 5.41) is 70.7. The van der Waals surface area contributed by atoms with Crippen LogP contribution in [0.3, 0.4) is 0 Å². The Balaban J connectivity index is -0.000000395. The van der Waals surface area contributed by atoms with E-state index in [0.717, 1.165) is 0 Å². The summed E-state index contributed by atoms with van der Waals surface area (Å²) in [4.78, 5) is 39.5. The molecular weight excluding hydrogens is 436 g/mol. The Hall–Kier alpha value is -2.36. The fraction of sp³-hybridized carbons (Fsp3) is 0.778. The van der Waals surface area contributed by atoms with Crippen LogP contribution >= 0.6 is 0 Å². The number of carboxylic acid groups (broad SMARTS) is 4. The fourth-order valence-electron chi connectivity index (χ4n) is 2.05. The van der Waals surface area contributed by atoms with E-state index in [1.807, 2.05) is 42.3 Å². The van der Waals surface area contributed by atoms with E-state index in [9.17, 15) is 29.4 Å². The van der Waals surface area contributed by atoms with E-state index in [4.69, 9.17) is 30.6 Å². The third-order valence-corrected chi connectivity index (χ3v) is 3.12. The minimum absolute atomic E-state index is 0.171. The predicted molar refractivity (Wildman–Crippen MR) is 104 cm³/mol. The van der Waals surface area contributed by atoms with Crippen molar-refractivity contribution < 1.29 is 69.0 Å². The van der Waals surface area contributed by atoms with Crippen molar-refractivity contribution in [1.82, 2.24) is 0 Å². The molecule has 190 valence electrons. The molecule has 0 spiro atoms. The van der Waals surface area contributed by atoms with Gasteiger partial charge in [-0.1, -0.05) is 0 Å². The van der Waals surface area contributed by atoms with Crippen LogP contribution in [0.1, 0.15) is 12.8 Å². The summed E-state index contributed by atoms with van der Waals surface area (Å²) < 4.78 is 1.16. The van der Waals surface area contributed by atoms with Gasteiger partial charge >= 0.3 is 11.9 Å². The van der Waals surface area contributed by atoms with Crippen molar-refractivity contribution in [2.75, 3.05) is 55.4 Å². The second kappa shape index (κ2) is 15.4. The molecule has 0 amide bonds. The van der Waals surface area contributed by atoms with Crippen LogP contribution in [-0.4, -0.2) is 143 Å². The number of rotatable bonds is 11. The topological polar surface area (TPSA) is 236 Å². The van der Waals surface area contributed by atoms with E-state index in [1.165, 1.54) is 0 Å². The molecule has 0 rings (SSSR count). The lowest BCUT2D eigenvalue weighted by Crippen LogP contribution is -2.51. The van der Waals surface area contributed by atoms with E-state index in [0.29, 0.717) is 22.1 Å². The molecule has 4 atom stereocenters. The monoisotopic (exact) mass is 472 g/mol. The lowest BCUT2D eigenvalue weighted by molar-refractivity contribution is -0.873. The summed E-state index contributed by atoms with van der Waals surface area (Å²) in [6.07, 6.45) is -6.71. The largest absolute Gasteiger partial charge is 0.547 e. The van der Waals surface area contributed by atoms with Crippen LogP contribution in [0, 0.1) is 0 Å². The molecule has 0 aliphatic carbocycles. The number of hydrogen-bond acceptors (Lipinski definition) is 10. The van der Waals surface area contributed by atoms with Gasteiger partial charge in [0.1, 0.15) is 37.5 Å². The number of quaternary nitrogens is 2. The zero-order valence-corrected chi connectivity index (χ0v) is 19.2. The highest BCUT2D eigenvalue weighted by Crippen LogP contribution is 1.99. The minimum Gasteiger partial charge on any atom is -0.547 e. The number of likely N-dealkylation sites (N-methyl/N-ethyl adjacent to an activating group) is 2. The molecule has 0 aromatic carbocycles. The van der Waals surface area contributed by atoms with Gasteiger partial charge in [-0.05, 0) is 0 Å². The average Bonchev–Trinajstić information content (AvgIpc) is 2.48. The second-order valence-electron chi connectivity index (χ2n) is 8.98. The number of aliphatic carboxylic acids is 4. The maximum atomic E-state index is 10.1. The molecule has 0 aliphatic rings. The van der Waals surface area contributed by atoms with Crippen LogP contribution < -0.4 is 10.2 Å². The summed E-state index contributed by atoms with van der Waals surface area (Å²) in [6, 6.07) is 0. The van der Waals surface area contributed by atoms with Crippen molar-refractivity contribution in [3.8, 4) is 0 Å². The predicted octanol–water partition coefficient (Wildman–Crippen LogP) is -5.74. The lowest BCUT2D eigenvalue weighted by Gasteiger charge is -2.25. The Labute approximate surface area is 186 Å². The molecule has 0 aromatic heterocycles. The summed E-state index contributed by atoms with van der Waals surface area (Å²) in [5.41, 5.74) is 0. The first-order valence-electron chi connectivity index (χ1n) is 9.27. The first-order valence-corrected chi connectivity index (χ1v) is 9.27. The zero-order chi connectivity index (χ0) is 26.4. The average molecular weight is 472 g/mol. The standard InChI is InChI=1S/2C7H15NO3.C4H6O6/c2*1-8(2,3)5-6(9)4-7(10)11;5-1(3(7)8)2(6)4(9)10/h2*6,9H,4-5H2,1-3H3;1-2,5-6H,(H,7,8)(H,9,10)/t6-;;1-,2-/m1.1/s1. The molecule has 1 unspecified atom stereocenters.